The molecule has 1 rings (SSSR count). The van der Waals surface area contributed by atoms with Gasteiger partial charge in [0.1, 0.15) is 0 Å². The fourth-order valence-corrected chi connectivity index (χ4v) is 1.56. The van der Waals surface area contributed by atoms with Crippen molar-refractivity contribution in [2.24, 2.45) is 5.92 Å². The molecule has 0 fully saturated rings. The highest BCUT2D eigenvalue weighted by molar-refractivity contribution is 5.77. The van der Waals surface area contributed by atoms with Gasteiger partial charge in [-0.1, -0.05) is 19.9 Å². The number of aromatic nitrogens is 1. The van der Waals surface area contributed by atoms with E-state index >= 15 is 0 Å². The maximum absolute atomic E-state index is 11.5. The molecule has 0 saturated heterocycles. The molecule has 0 aliphatic heterocycles. The van der Waals surface area contributed by atoms with Gasteiger partial charge in [-0.2, -0.15) is 0 Å². The number of hydrogen-bond acceptors (Lipinski definition) is 3. The van der Waals surface area contributed by atoms with Crippen molar-refractivity contribution in [2.45, 2.75) is 33.7 Å². The van der Waals surface area contributed by atoms with Crippen molar-refractivity contribution in [1.29, 1.82) is 0 Å². The Balaban J connectivity index is 2.15. The van der Waals surface area contributed by atoms with Gasteiger partial charge in [0.25, 0.3) is 0 Å². The summed E-state index contributed by atoms with van der Waals surface area (Å²) in [6, 6.07) is 5.89. The third-order valence-corrected chi connectivity index (χ3v) is 2.58. The molecule has 0 bridgehead atoms. The molecule has 0 aliphatic rings. The van der Waals surface area contributed by atoms with E-state index in [0.29, 0.717) is 19.0 Å². The van der Waals surface area contributed by atoms with Crippen LogP contribution in [-0.2, 0) is 11.3 Å². The molecule has 4 heteroatoms. The van der Waals surface area contributed by atoms with E-state index in [1.165, 1.54) is 0 Å². The lowest BCUT2D eigenvalue weighted by molar-refractivity contribution is -0.120. The second-order valence-corrected chi connectivity index (χ2v) is 4.91. The quantitative estimate of drug-likeness (QED) is 0.772. The fourth-order valence-electron chi connectivity index (χ4n) is 1.56. The largest absolute Gasteiger partial charge is 0.355 e. The minimum Gasteiger partial charge on any atom is -0.355 e. The number of carbonyl (C=O) groups is 1. The molecule has 0 radical (unpaired) electrons. The lowest BCUT2D eigenvalue weighted by atomic mass is 10.1. The van der Waals surface area contributed by atoms with Crippen LogP contribution < -0.4 is 10.6 Å². The average Bonchev–Trinajstić information content (AvgIpc) is 2.28. The molecular formula is C14H23N3O. The second-order valence-electron chi connectivity index (χ2n) is 4.91. The molecular weight excluding hydrogens is 226 g/mol. The van der Waals surface area contributed by atoms with Crippen LogP contribution in [0.1, 0.15) is 31.7 Å². The Kier molecular flexibility index (Phi) is 6.36. The standard InChI is InChI=1S/C14H23N3O/c1-11(2)7-8-16-14(18)10-15-9-13-6-4-5-12(3)17-13/h4-6,11,15H,7-10H2,1-3H3,(H,16,18). The number of nitrogens with zero attached hydrogens (tertiary/aromatic N) is 1. The molecule has 0 aromatic carbocycles. The van der Waals surface area contributed by atoms with Gasteiger partial charge in [-0.15, -0.1) is 0 Å². The Hall–Kier alpha value is -1.42. The normalized spacial score (nSPS) is 10.7. The number of nitrogens with one attached hydrogen (secondary N) is 2. The molecule has 18 heavy (non-hydrogen) atoms. The van der Waals surface area contributed by atoms with E-state index < -0.39 is 0 Å². The highest BCUT2D eigenvalue weighted by atomic mass is 16.1. The number of pyridine rings is 1. The Morgan fingerprint density at radius 2 is 2.17 bits per heavy atom. The number of rotatable bonds is 7. The Labute approximate surface area is 109 Å². The van der Waals surface area contributed by atoms with Gasteiger partial charge in [-0.05, 0) is 31.4 Å². The van der Waals surface area contributed by atoms with Crippen molar-refractivity contribution in [3.8, 4) is 0 Å². The van der Waals surface area contributed by atoms with Crippen molar-refractivity contribution in [3.63, 3.8) is 0 Å². The van der Waals surface area contributed by atoms with Gasteiger partial charge in [0.2, 0.25) is 5.91 Å². The van der Waals surface area contributed by atoms with Gasteiger partial charge in [-0.25, -0.2) is 0 Å². The molecule has 100 valence electrons. The van der Waals surface area contributed by atoms with Crippen LogP contribution in [0.25, 0.3) is 0 Å². The third-order valence-electron chi connectivity index (χ3n) is 2.58. The number of aryl methyl sites for hydroxylation is 1. The first-order chi connectivity index (χ1) is 8.58. The van der Waals surface area contributed by atoms with Gasteiger partial charge >= 0.3 is 0 Å². The lowest BCUT2D eigenvalue weighted by Crippen LogP contribution is -2.34. The Morgan fingerprint density at radius 3 is 2.83 bits per heavy atom. The molecule has 2 N–H and O–H groups in total. The zero-order valence-electron chi connectivity index (χ0n) is 11.5. The minimum atomic E-state index is 0.0447. The summed E-state index contributed by atoms with van der Waals surface area (Å²) in [4.78, 5) is 15.8. The van der Waals surface area contributed by atoms with Gasteiger partial charge in [0, 0.05) is 18.8 Å². The van der Waals surface area contributed by atoms with Gasteiger partial charge in [0.15, 0.2) is 0 Å². The van der Waals surface area contributed by atoms with Crippen molar-refractivity contribution >= 4 is 5.91 Å². The van der Waals surface area contributed by atoms with Crippen LogP contribution in [-0.4, -0.2) is 24.0 Å². The minimum absolute atomic E-state index is 0.0447. The molecule has 1 amide bonds. The van der Waals surface area contributed by atoms with E-state index in [1.807, 2.05) is 25.1 Å². The van der Waals surface area contributed by atoms with E-state index in [0.717, 1.165) is 24.4 Å². The monoisotopic (exact) mass is 249 g/mol. The summed E-state index contributed by atoms with van der Waals surface area (Å²) >= 11 is 0. The zero-order valence-corrected chi connectivity index (χ0v) is 11.5. The first-order valence-corrected chi connectivity index (χ1v) is 6.48. The first-order valence-electron chi connectivity index (χ1n) is 6.48. The topological polar surface area (TPSA) is 54.0 Å². The summed E-state index contributed by atoms with van der Waals surface area (Å²) < 4.78 is 0. The lowest BCUT2D eigenvalue weighted by Gasteiger charge is -2.08. The highest BCUT2D eigenvalue weighted by Crippen LogP contribution is 1.97. The first kappa shape index (κ1) is 14.6. The highest BCUT2D eigenvalue weighted by Gasteiger charge is 2.01. The number of amides is 1. The second kappa shape index (κ2) is 7.82. The van der Waals surface area contributed by atoms with E-state index in [9.17, 15) is 4.79 Å². The van der Waals surface area contributed by atoms with Crippen LogP contribution in [0, 0.1) is 12.8 Å². The molecule has 0 spiro atoms. The number of carbonyl (C=O) groups excluding carboxylic acids is 1. The van der Waals surface area contributed by atoms with Crippen LogP contribution in [0.3, 0.4) is 0 Å². The summed E-state index contributed by atoms with van der Waals surface area (Å²) in [6.45, 7) is 7.97. The van der Waals surface area contributed by atoms with Crippen molar-refractivity contribution in [1.82, 2.24) is 15.6 Å². The van der Waals surface area contributed by atoms with E-state index in [1.54, 1.807) is 0 Å². The average molecular weight is 249 g/mol. The molecule has 0 saturated carbocycles. The molecule has 1 heterocycles. The van der Waals surface area contributed by atoms with Crippen LogP contribution in [0.15, 0.2) is 18.2 Å². The zero-order chi connectivity index (χ0) is 13.4. The van der Waals surface area contributed by atoms with Crippen molar-refractivity contribution in [2.75, 3.05) is 13.1 Å². The fraction of sp³-hybridized carbons (Fsp3) is 0.571. The Bertz CT molecular complexity index is 377. The maximum Gasteiger partial charge on any atom is 0.233 e. The predicted molar refractivity (Wildman–Crippen MR) is 73.1 cm³/mol. The maximum atomic E-state index is 11.5. The molecule has 0 unspecified atom stereocenters. The van der Waals surface area contributed by atoms with Crippen LogP contribution >= 0.6 is 0 Å². The molecule has 1 aromatic rings. The summed E-state index contributed by atoms with van der Waals surface area (Å²) in [6.07, 6.45) is 1.02. The van der Waals surface area contributed by atoms with Crippen LogP contribution in [0.4, 0.5) is 0 Å². The molecule has 4 nitrogen and oxygen atoms in total. The van der Waals surface area contributed by atoms with Gasteiger partial charge < -0.3 is 10.6 Å². The smallest absolute Gasteiger partial charge is 0.233 e. The molecule has 1 aromatic heterocycles. The van der Waals surface area contributed by atoms with Crippen LogP contribution in [0.5, 0.6) is 0 Å². The van der Waals surface area contributed by atoms with E-state index in [2.05, 4.69) is 29.5 Å². The van der Waals surface area contributed by atoms with Gasteiger partial charge in [-0.3, -0.25) is 9.78 Å². The van der Waals surface area contributed by atoms with E-state index in [-0.39, 0.29) is 5.91 Å². The summed E-state index contributed by atoms with van der Waals surface area (Å²) in [5.41, 5.74) is 1.96. The SMILES string of the molecule is Cc1cccc(CNCC(=O)NCCC(C)C)n1. The summed E-state index contributed by atoms with van der Waals surface area (Å²) in [7, 11) is 0. The van der Waals surface area contributed by atoms with E-state index in [4.69, 9.17) is 0 Å². The number of hydrogen-bond donors (Lipinski definition) is 2. The third kappa shape index (κ3) is 6.35. The van der Waals surface area contributed by atoms with Crippen LogP contribution in [0.2, 0.25) is 0 Å². The van der Waals surface area contributed by atoms with Crippen molar-refractivity contribution in [3.05, 3.63) is 29.6 Å². The molecule has 0 aliphatic carbocycles. The Morgan fingerprint density at radius 1 is 1.39 bits per heavy atom. The van der Waals surface area contributed by atoms with Crippen molar-refractivity contribution < 1.29 is 4.79 Å². The predicted octanol–water partition coefficient (Wildman–Crippen LogP) is 1.64. The summed E-state index contributed by atoms with van der Waals surface area (Å²) in [5.74, 6) is 0.665. The summed E-state index contributed by atoms with van der Waals surface area (Å²) in [5, 5.41) is 5.98. The van der Waals surface area contributed by atoms with Gasteiger partial charge in [0.05, 0.1) is 12.2 Å². The molecule has 0 atom stereocenters.